The number of esters is 2. The quantitative estimate of drug-likeness (QED) is 0.417. The van der Waals surface area contributed by atoms with Crippen LogP contribution in [0.5, 0.6) is 0 Å². The van der Waals surface area contributed by atoms with Crippen LogP contribution in [0.4, 0.5) is 0 Å². The highest BCUT2D eigenvalue weighted by atomic mass is 16.5. The van der Waals surface area contributed by atoms with E-state index in [1.165, 1.54) is 13.5 Å². The van der Waals surface area contributed by atoms with Crippen molar-refractivity contribution in [2.45, 2.75) is 121 Å². The SMILES string of the molecule is CC(C)(C)C.CCC.CCCC(=O)NC.CCCC(=O)OC.CCCOC(=O)CCC. The summed E-state index contributed by atoms with van der Waals surface area (Å²) in [6.45, 7) is 21.4. The lowest BCUT2D eigenvalue weighted by atomic mass is 10.0. The first-order valence-electron chi connectivity index (χ1n) is 11.8. The molecule has 0 aliphatic carbocycles. The lowest BCUT2D eigenvalue weighted by molar-refractivity contribution is -0.143. The molecule has 1 amide bonds. The van der Waals surface area contributed by atoms with Crippen molar-refractivity contribution in [3.8, 4) is 0 Å². The van der Waals surface area contributed by atoms with Crippen LogP contribution < -0.4 is 5.32 Å². The van der Waals surface area contributed by atoms with Gasteiger partial charge in [0.1, 0.15) is 0 Å². The second-order valence-corrected chi connectivity index (χ2v) is 8.43. The minimum atomic E-state index is -0.123. The molecule has 0 aromatic heterocycles. The molecular weight excluding hydrogens is 394 g/mol. The largest absolute Gasteiger partial charge is 0.469 e. The highest BCUT2D eigenvalue weighted by Crippen LogP contribution is 2.08. The number of ether oxygens (including phenoxy) is 2. The molecule has 31 heavy (non-hydrogen) atoms. The first-order chi connectivity index (χ1) is 14.3. The van der Waals surface area contributed by atoms with Crippen molar-refractivity contribution < 1.29 is 23.9 Å². The van der Waals surface area contributed by atoms with Crippen LogP contribution in [-0.4, -0.2) is 38.6 Å². The van der Waals surface area contributed by atoms with E-state index in [-0.39, 0.29) is 17.8 Å². The van der Waals surface area contributed by atoms with E-state index in [1.807, 2.05) is 27.7 Å². The Labute approximate surface area is 194 Å². The number of amides is 1. The van der Waals surface area contributed by atoms with Gasteiger partial charge < -0.3 is 14.8 Å². The van der Waals surface area contributed by atoms with E-state index in [4.69, 9.17) is 4.74 Å². The number of carbonyl (C=O) groups excluding carboxylic acids is 3. The second-order valence-electron chi connectivity index (χ2n) is 8.43. The monoisotopic (exact) mass is 449 g/mol. The van der Waals surface area contributed by atoms with Gasteiger partial charge in [-0.3, -0.25) is 14.4 Å². The Hall–Kier alpha value is -1.59. The Morgan fingerprint density at radius 1 is 0.710 bits per heavy atom. The number of hydrogen-bond acceptors (Lipinski definition) is 5. The van der Waals surface area contributed by atoms with Crippen LogP contribution in [0.1, 0.15) is 121 Å². The maximum atomic E-state index is 10.6. The first kappa shape index (κ1) is 39.8. The fourth-order valence-corrected chi connectivity index (χ4v) is 1.15. The minimum Gasteiger partial charge on any atom is -0.469 e. The summed E-state index contributed by atoms with van der Waals surface area (Å²) in [5.74, 6) is -0.0654. The van der Waals surface area contributed by atoms with E-state index >= 15 is 0 Å². The zero-order chi connectivity index (χ0) is 25.7. The zero-order valence-corrected chi connectivity index (χ0v) is 22.9. The zero-order valence-electron chi connectivity index (χ0n) is 22.9. The molecule has 1 N–H and O–H groups in total. The molecule has 0 aliphatic rings. The Morgan fingerprint density at radius 3 is 1.26 bits per heavy atom. The van der Waals surface area contributed by atoms with Crippen molar-refractivity contribution in [3.05, 3.63) is 0 Å². The number of hydrogen-bond donors (Lipinski definition) is 1. The molecule has 190 valence electrons. The maximum Gasteiger partial charge on any atom is 0.305 e. The number of carbonyl (C=O) groups is 3. The van der Waals surface area contributed by atoms with Crippen molar-refractivity contribution in [2.24, 2.45) is 5.41 Å². The summed E-state index contributed by atoms with van der Waals surface area (Å²) in [4.78, 5) is 31.1. The molecule has 6 nitrogen and oxygen atoms in total. The Balaban J connectivity index is -0.0000000944. The van der Waals surface area contributed by atoms with E-state index in [9.17, 15) is 14.4 Å². The van der Waals surface area contributed by atoms with Gasteiger partial charge in [-0.05, 0) is 31.1 Å². The summed E-state index contributed by atoms with van der Waals surface area (Å²) in [6.07, 6.45) is 6.58. The molecule has 0 saturated carbocycles. The summed E-state index contributed by atoms with van der Waals surface area (Å²) in [7, 11) is 3.05. The van der Waals surface area contributed by atoms with E-state index in [1.54, 1.807) is 7.05 Å². The molecule has 0 saturated heterocycles. The molecule has 0 fully saturated rings. The van der Waals surface area contributed by atoms with Crippen LogP contribution in [0.2, 0.25) is 0 Å². The third-order valence-electron chi connectivity index (χ3n) is 2.36. The third kappa shape index (κ3) is 83.4. The Bertz CT molecular complexity index is 353. The summed E-state index contributed by atoms with van der Waals surface area (Å²) in [6, 6.07) is 0. The van der Waals surface area contributed by atoms with Crippen molar-refractivity contribution >= 4 is 17.8 Å². The van der Waals surface area contributed by atoms with Gasteiger partial charge in [-0.25, -0.2) is 0 Å². The molecule has 0 bridgehead atoms. The topological polar surface area (TPSA) is 81.7 Å². The molecule has 0 atom stereocenters. The molecule has 0 aromatic rings. The molecule has 0 rings (SSSR count). The van der Waals surface area contributed by atoms with Gasteiger partial charge in [0.2, 0.25) is 5.91 Å². The average Bonchev–Trinajstić information content (AvgIpc) is 2.67. The highest BCUT2D eigenvalue weighted by Gasteiger charge is 1.97. The summed E-state index contributed by atoms with van der Waals surface area (Å²) in [5, 5.41) is 2.53. The summed E-state index contributed by atoms with van der Waals surface area (Å²) in [5.41, 5.74) is 0.500. The minimum absolute atomic E-state index is 0.0700. The van der Waals surface area contributed by atoms with Gasteiger partial charge >= 0.3 is 11.9 Å². The molecule has 0 aromatic carbocycles. The lowest BCUT2D eigenvalue weighted by Crippen LogP contribution is -2.16. The van der Waals surface area contributed by atoms with Crippen LogP contribution >= 0.6 is 0 Å². The van der Waals surface area contributed by atoms with Gasteiger partial charge in [-0.1, -0.05) is 75.7 Å². The highest BCUT2D eigenvalue weighted by molar-refractivity contribution is 5.75. The van der Waals surface area contributed by atoms with Gasteiger partial charge in [0.15, 0.2) is 0 Å². The van der Waals surface area contributed by atoms with Crippen molar-refractivity contribution in [1.29, 1.82) is 0 Å². The van der Waals surface area contributed by atoms with Gasteiger partial charge in [-0.15, -0.1) is 0 Å². The smallest absolute Gasteiger partial charge is 0.305 e. The van der Waals surface area contributed by atoms with E-state index < -0.39 is 0 Å². The fraction of sp³-hybridized carbons (Fsp3) is 0.880. The molecule has 0 unspecified atom stereocenters. The summed E-state index contributed by atoms with van der Waals surface area (Å²) >= 11 is 0. The molecule has 6 heteroatoms. The first-order valence-corrected chi connectivity index (χ1v) is 11.8. The van der Waals surface area contributed by atoms with Crippen molar-refractivity contribution in [3.63, 3.8) is 0 Å². The molecule has 0 aliphatic heterocycles. The predicted molar refractivity (Wildman–Crippen MR) is 133 cm³/mol. The Morgan fingerprint density at radius 2 is 1.06 bits per heavy atom. The van der Waals surface area contributed by atoms with E-state index in [0.717, 1.165) is 25.7 Å². The fourth-order valence-electron chi connectivity index (χ4n) is 1.15. The third-order valence-corrected chi connectivity index (χ3v) is 2.36. The lowest BCUT2D eigenvalue weighted by Gasteiger charge is -2.05. The van der Waals surface area contributed by atoms with Crippen molar-refractivity contribution in [2.75, 3.05) is 20.8 Å². The molecule has 0 spiro atoms. The standard InChI is InChI=1S/C7H14O2.C5H11NO.C5H10O2.C5H12.C3H8/c1-3-5-7(8)9-6-4-2;1-3-4-5(7)6-2;1-3-4-5(6)7-2;1-5(2,3)4;1-3-2/h3-6H2,1-2H3;3-4H2,1-2H3,(H,6,7);3-4H2,1-2H3;1-4H3;3H2,1-2H3. The Kier molecular flexibility index (Phi) is 42.5. The van der Waals surface area contributed by atoms with E-state index in [2.05, 4.69) is 51.6 Å². The van der Waals surface area contributed by atoms with Crippen LogP contribution in [0.3, 0.4) is 0 Å². The van der Waals surface area contributed by atoms with E-state index in [0.29, 0.717) is 31.3 Å². The normalized spacial score (nSPS) is 8.90. The molecule has 0 radical (unpaired) electrons. The number of nitrogens with one attached hydrogen (secondary N) is 1. The summed E-state index contributed by atoms with van der Waals surface area (Å²) < 4.78 is 9.14. The maximum absolute atomic E-state index is 10.6. The second kappa shape index (κ2) is 33.1. The predicted octanol–water partition coefficient (Wildman–Crippen LogP) is 6.70. The number of methoxy groups -OCH3 is 1. The van der Waals surface area contributed by atoms with Gasteiger partial charge in [-0.2, -0.15) is 0 Å². The van der Waals surface area contributed by atoms with Crippen LogP contribution in [0, 0.1) is 5.41 Å². The van der Waals surface area contributed by atoms with Gasteiger partial charge in [0, 0.05) is 26.3 Å². The van der Waals surface area contributed by atoms with Gasteiger partial charge in [0.25, 0.3) is 0 Å². The molecular formula is C25H55NO5. The van der Waals surface area contributed by atoms with Crippen LogP contribution in [0.25, 0.3) is 0 Å². The van der Waals surface area contributed by atoms with Crippen LogP contribution in [0.15, 0.2) is 0 Å². The molecule has 0 heterocycles. The average molecular weight is 450 g/mol. The van der Waals surface area contributed by atoms with Gasteiger partial charge in [0.05, 0.1) is 13.7 Å². The van der Waals surface area contributed by atoms with Crippen LogP contribution in [-0.2, 0) is 23.9 Å². The number of rotatable bonds is 8. The van der Waals surface area contributed by atoms with Crippen molar-refractivity contribution in [1.82, 2.24) is 5.32 Å².